The summed E-state index contributed by atoms with van der Waals surface area (Å²) in [7, 11) is -1.84. The van der Waals surface area contributed by atoms with Crippen molar-refractivity contribution in [3.8, 4) is 0 Å². The molecule has 1 saturated heterocycles. The van der Waals surface area contributed by atoms with Crippen molar-refractivity contribution in [2.45, 2.75) is 24.1 Å². The molecule has 1 aromatic carbocycles. The molecule has 0 bridgehead atoms. The van der Waals surface area contributed by atoms with E-state index in [2.05, 4.69) is 10.3 Å². The van der Waals surface area contributed by atoms with Crippen molar-refractivity contribution < 1.29 is 13.2 Å². The highest BCUT2D eigenvalue weighted by Gasteiger charge is 2.49. The van der Waals surface area contributed by atoms with Gasteiger partial charge in [-0.15, -0.1) is 11.3 Å². The minimum Gasteiger partial charge on any atom is -0.338 e. The minimum atomic E-state index is -3.50. The van der Waals surface area contributed by atoms with Crippen LogP contribution in [-0.2, 0) is 21.2 Å². The summed E-state index contributed by atoms with van der Waals surface area (Å²) in [4.78, 5) is 19.0. The summed E-state index contributed by atoms with van der Waals surface area (Å²) in [6, 6.07) is 7.80. The number of fused-ring (bicyclic) bond motifs is 1. The summed E-state index contributed by atoms with van der Waals surface area (Å²) < 4.78 is 24.5. The molecule has 3 rings (SSSR count). The highest BCUT2D eigenvalue weighted by Crippen LogP contribution is 2.31. The van der Waals surface area contributed by atoms with E-state index in [0.29, 0.717) is 32.5 Å². The quantitative estimate of drug-likeness (QED) is 0.884. The van der Waals surface area contributed by atoms with Crippen LogP contribution in [0.5, 0.6) is 0 Å². The Hall–Kier alpha value is -1.51. The molecule has 24 heavy (non-hydrogen) atoms. The summed E-state index contributed by atoms with van der Waals surface area (Å²) in [6.07, 6.45) is 1.80. The van der Waals surface area contributed by atoms with E-state index >= 15 is 0 Å². The predicted molar refractivity (Wildman–Crippen MR) is 95.8 cm³/mol. The Balaban J connectivity index is 1.84. The Morgan fingerprint density at radius 1 is 1.33 bits per heavy atom. The zero-order chi connectivity index (χ0) is 17.4. The minimum absolute atomic E-state index is 0.314. The summed E-state index contributed by atoms with van der Waals surface area (Å²) in [5.74, 6) is -0.328. The van der Waals surface area contributed by atoms with E-state index in [1.54, 1.807) is 7.05 Å². The van der Waals surface area contributed by atoms with Crippen molar-refractivity contribution in [1.82, 2.24) is 15.2 Å². The van der Waals surface area contributed by atoms with E-state index in [1.807, 2.05) is 24.3 Å². The average molecular weight is 367 g/mol. The van der Waals surface area contributed by atoms with Crippen LogP contribution >= 0.6 is 11.3 Å². The molecule has 0 spiro atoms. The van der Waals surface area contributed by atoms with Crippen molar-refractivity contribution >= 4 is 37.3 Å². The summed E-state index contributed by atoms with van der Waals surface area (Å²) >= 11 is 1.53. The second kappa shape index (κ2) is 6.42. The van der Waals surface area contributed by atoms with Crippen LogP contribution < -0.4 is 5.32 Å². The first-order valence-corrected chi connectivity index (χ1v) is 10.5. The van der Waals surface area contributed by atoms with Gasteiger partial charge in [0.05, 0.1) is 16.8 Å². The van der Waals surface area contributed by atoms with Crippen molar-refractivity contribution in [1.29, 1.82) is 0 Å². The summed E-state index contributed by atoms with van der Waals surface area (Å²) in [6.45, 7) is 1.39. The molecule has 8 heteroatoms. The number of hydrogen-bond acceptors (Lipinski definition) is 6. The Labute approximate surface area is 145 Å². The fraction of sp³-hybridized carbons (Fsp3) is 0.500. The monoisotopic (exact) mass is 367 g/mol. The molecule has 1 aromatic heterocycles. The molecule has 1 aliphatic rings. The molecule has 6 nitrogen and oxygen atoms in total. The largest absolute Gasteiger partial charge is 0.338 e. The van der Waals surface area contributed by atoms with Gasteiger partial charge >= 0.3 is 0 Å². The molecule has 0 atom stereocenters. The molecule has 0 radical (unpaired) electrons. The number of carbonyl (C=O) groups is 1. The van der Waals surface area contributed by atoms with Gasteiger partial charge in [0, 0.05) is 13.3 Å². The Morgan fingerprint density at radius 3 is 2.62 bits per heavy atom. The maximum Gasteiger partial charge on any atom is 0.244 e. The first kappa shape index (κ1) is 17.3. The first-order valence-electron chi connectivity index (χ1n) is 7.84. The number of piperidine rings is 1. The number of hydrogen-bond donors (Lipinski definition) is 1. The van der Waals surface area contributed by atoms with Crippen molar-refractivity contribution in [2.75, 3.05) is 26.4 Å². The summed E-state index contributed by atoms with van der Waals surface area (Å²) in [5, 5.41) is 3.94. The van der Waals surface area contributed by atoms with Crippen molar-refractivity contribution in [3.63, 3.8) is 0 Å². The molecule has 130 valence electrons. The normalized spacial score (nSPS) is 17.8. The smallest absolute Gasteiger partial charge is 0.244 e. The number of thiazole rings is 1. The van der Waals surface area contributed by atoms with Crippen LogP contribution in [0.2, 0.25) is 0 Å². The number of nitrogens with one attached hydrogen (secondary N) is 1. The standard InChI is InChI=1S/C16H21N3O3S2/c1-19(11-14-18-12-5-3-4-6-13(12)23-14)15(20)16(24(2,21)22)7-9-17-10-8-16/h3-6,17H,7-11H2,1-2H3. The van der Waals surface area contributed by atoms with Crippen molar-refractivity contribution in [3.05, 3.63) is 29.3 Å². The number of amides is 1. The average Bonchev–Trinajstić information content (AvgIpc) is 2.95. The molecule has 0 unspecified atom stereocenters. The van der Waals surface area contributed by atoms with Gasteiger partial charge in [0.1, 0.15) is 5.01 Å². The molecule has 1 aliphatic heterocycles. The number of aromatic nitrogens is 1. The molecule has 2 heterocycles. The van der Waals surface area contributed by atoms with E-state index < -0.39 is 14.6 Å². The number of benzene rings is 1. The molecular weight excluding hydrogens is 346 g/mol. The lowest BCUT2D eigenvalue weighted by molar-refractivity contribution is -0.134. The fourth-order valence-corrected chi connectivity index (χ4v) is 5.62. The Kier molecular flexibility index (Phi) is 4.63. The molecule has 2 aromatic rings. The van der Waals surface area contributed by atoms with Gasteiger partial charge in [0.25, 0.3) is 0 Å². The van der Waals surface area contributed by atoms with Gasteiger partial charge < -0.3 is 10.2 Å². The Bertz CT molecular complexity index is 821. The SMILES string of the molecule is CN(Cc1nc2ccccc2s1)C(=O)C1(S(C)(=O)=O)CCNCC1. The summed E-state index contributed by atoms with van der Waals surface area (Å²) in [5.41, 5.74) is 0.901. The zero-order valence-corrected chi connectivity index (χ0v) is 15.4. The lowest BCUT2D eigenvalue weighted by atomic mass is 9.95. The number of rotatable bonds is 4. The van der Waals surface area contributed by atoms with Crippen molar-refractivity contribution in [2.24, 2.45) is 0 Å². The maximum atomic E-state index is 13.0. The van der Waals surface area contributed by atoms with Gasteiger partial charge in [-0.3, -0.25) is 4.79 Å². The van der Waals surface area contributed by atoms with Crippen LogP contribution in [0.1, 0.15) is 17.8 Å². The third-order valence-corrected chi connectivity index (χ3v) is 7.59. The number of nitrogens with zero attached hydrogens (tertiary/aromatic N) is 2. The molecule has 1 amide bonds. The van der Waals surface area contributed by atoms with E-state index in [-0.39, 0.29) is 5.91 Å². The number of carbonyl (C=O) groups excluding carboxylic acids is 1. The van der Waals surface area contributed by atoms with Crippen LogP contribution in [0, 0.1) is 0 Å². The molecule has 1 N–H and O–H groups in total. The third-order valence-electron chi connectivity index (χ3n) is 4.57. The first-order chi connectivity index (χ1) is 11.3. The van der Waals surface area contributed by atoms with Gasteiger partial charge in [-0.1, -0.05) is 12.1 Å². The highest BCUT2D eigenvalue weighted by atomic mass is 32.2. The topological polar surface area (TPSA) is 79.4 Å². The fourth-order valence-electron chi connectivity index (χ4n) is 3.18. The van der Waals surface area contributed by atoms with E-state index in [1.165, 1.54) is 22.5 Å². The van der Waals surface area contributed by atoms with E-state index in [0.717, 1.165) is 15.2 Å². The van der Waals surface area contributed by atoms with Crippen LogP contribution in [0.4, 0.5) is 0 Å². The second-order valence-corrected chi connectivity index (χ2v) is 9.69. The van der Waals surface area contributed by atoms with Gasteiger partial charge in [-0.2, -0.15) is 0 Å². The second-order valence-electron chi connectivity index (χ2n) is 6.25. The van der Waals surface area contributed by atoms with Crippen LogP contribution in [0.25, 0.3) is 10.2 Å². The van der Waals surface area contributed by atoms with Crippen LogP contribution in [0.15, 0.2) is 24.3 Å². The zero-order valence-electron chi connectivity index (χ0n) is 13.8. The third kappa shape index (κ3) is 3.05. The molecule has 0 saturated carbocycles. The molecule has 1 fully saturated rings. The van der Waals surface area contributed by atoms with Gasteiger partial charge in [0.2, 0.25) is 5.91 Å². The lowest BCUT2D eigenvalue weighted by Crippen LogP contribution is -2.57. The highest BCUT2D eigenvalue weighted by molar-refractivity contribution is 7.92. The van der Waals surface area contributed by atoms with Gasteiger partial charge in [-0.05, 0) is 38.1 Å². The predicted octanol–water partition coefficient (Wildman–Crippen LogP) is 1.42. The van der Waals surface area contributed by atoms with Crippen LogP contribution in [0.3, 0.4) is 0 Å². The van der Waals surface area contributed by atoms with Gasteiger partial charge in [0.15, 0.2) is 14.6 Å². The number of para-hydroxylation sites is 1. The Morgan fingerprint density at radius 2 is 2.00 bits per heavy atom. The van der Waals surface area contributed by atoms with Crippen LogP contribution in [-0.4, -0.2) is 55.3 Å². The lowest BCUT2D eigenvalue weighted by Gasteiger charge is -2.37. The van der Waals surface area contributed by atoms with Gasteiger partial charge in [-0.25, -0.2) is 13.4 Å². The molecule has 0 aliphatic carbocycles. The van der Waals surface area contributed by atoms with E-state index in [4.69, 9.17) is 0 Å². The van der Waals surface area contributed by atoms with E-state index in [9.17, 15) is 13.2 Å². The number of sulfone groups is 1. The molecular formula is C16H21N3O3S2. The maximum absolute atomic E-state index is 13.0.